The summed E-state index contributed by atoms with van der Waals surface area (Å²) in [6.07, 6.45) is -1.30. The number of nitrogens with zero attached hydrogens (tertiary/aromatic N) is 2. The Hall–Kier alpha value is -3.32. The molecule has 4 aromatic rings. The van der Waals surface area contributed by atoms with Crippen molar-refractivity contribution in [3.63, 3.8) is 0 Å². The van der Waals surface area contributed by atoms with E-state index in [-0.39, 0.29) is 33.6 Å². The molecule has 0 aliphatic heterocycles. The van der Waals surface area contributed by atoms with E-state index in [0.717, 1.165) is 0 Å². The van der Waals surface area contributed by atoms with E-state index in [1.54, 1.807) is 50.2 Å². The number of aryl methyl sites for hydroxylation is 2. The van der Waals surface area contributed by atoms with Crippen LogP contribution < -0.4 is 0 Å². The number of aliphatic hydroxyl groups excluding tert-OH is 1. The van der Waals surface area contributed by atoms with Gasteiger partial charge < -0.3 is 14.2 Å². The van der Waals surface area contributed by atoms with Crippen molar-refractivity contribution in [2.75, 3.05) is 0 Å². The van der Waals surface area contributed by atoms with Gasteiger partial charge in [0.25, 0.3) is 0 Å². The second kappa shape index (κ2) is 7.01. The zero-order valence-corrected chi connectivity index (χ0v) is 15.1. The standard InChI is InChI=1S/C21H16F2N2O3/c1-11-17(19(24-27-11)13-7-3-5-9-15(13)22)21(26)18-12(2)28-25-20(18)14-8-4-6-10-16(14)23/h3-10,21,26H,1-2H3. The highest BCUT2D eigenvalue weighted by Crippen LogP contribution is 2.40. The largest absolute Gasteiger partial charge is 0.383 e. The van der Waals surface area contributed by atoms with E-state index in [9.17, 15) is 13.9 Å². The second-order valence-electron chi connectivity index (χ2n) is 6.36. The molecule has 0 fully saturated rings. The van der Waals surface area contributed by atoms with Crippen molar-refractivity contribution in [3.8, 4) is 22.5 Å². The van der Waals surface area contributed by atoms with Crippen LogP contribution in [0, 0.1) is 25.5 Å². The van der Waals surface area contributed by atoms with E-state index >= 15 is 0 Å². The molecule has 28 heavy (non-hydrogen) atoms. The quantitative estimate of drug-likeness (QED) is 0.539. The third kappa shape index (κ3) is 2.90. The fraction of sp³-hybridized carbons (Fsp3) is 0.143. The number of aromatic nitrogens is 2. The minimum atomic E-state index is -1.30. The van der Waals surface area contributed by atoms with Crippen molar-refractivity contribution < 1.29 is 22.9 Å². The Balaban J connectivity index is 1.89. The van der Waals surface area contributed by atoms with Crippen LogP contribution in [0.25, 0.3) is 22.5 Å². The van der Waals surface area contributed by atoms with Crippen molar-refractivity contribution >= 4 is 0 Å². The summed E-state index contributed by atoms with van der Waals surface area (Å²) >= 11 is 0. The van der Waals surface area contributed by atoms with Gasteiger partial charge in [0.2, 0.25) is 0 Å². The normalized spacial score (nSPS) is 11.4. The van der Waals surface area contributed by atoms with Crippen LogP contribution in [0.5, 0.6) is 0 Å². The molecule has 0 aliphatic rings. The Morgan fingerprint density at radius 1 is 0.750 bits per heavy atom. The van der Waals surface area contributed by atoms with Crippen LogP contribution in [-0.2, 0) is 0 Å². The number of rotatable bonds is 4. The van der Waals surface area contributed by atoms with Gasteiger partial charge in [0.1, 0.15) is 40.6 Å². The van der Waals surface area contributed by atoms with Gasteiger partial charge in [0, 0.05) is 11.1 Å². The van der Waals surface area contributed by atoms with E-state index in [2.05, 4.69) is 10.3 Å². The monoisotopic (exact) mass is 382 g/mol. The van der Waals surface area contributed by atoms with Gasteiger partial charge in [0.15, 0.2) is 0 Å². The summed E-state index contributed by atoms with van der Waals surface area (Å²) in [4.78, 5) is 0. The molecule has 0 saturated heterocycles. The summed E-state index contributed by atoms with van der Waals surface area (Å²) in [6.45, 7) is 3.23. The predicted octanol–water partition coefficient (Wildman–Crippen LogP) is 4.97. The summed E-state index contributed by atoms with van der Waals surface area (Å²) in [6, 6.07) is 12.1. The number of halogens is 2. The lowest BCUT2D eigenvalue weighted by molar-refractivity contribution is 0.216. The second-order valence-corrected chi connectivity index (χ2v) is 6.36. The Bertz CT molecular complexity index is 1060. The van der Waals surface area contributed by atoms with Crippen LogP contribution in [0.2, 0.25) is 0 Å². The van der Waals surface area contributed by atoms with Crippen molar-refractivity contribution in [2.24, 2.45) is 0 Å². The van der Waals surface area contributed by atoms with Gasteiger partial charge in [-0.15, -0.1) is 0 Å². The Labute approximate surface area is 159 Å². The molecule has 1 N–H and O–H groups in total. The lowest BCUT2D eigenvalue weighted by atomic mass is 9.93. The first-order valence-electron chi connectivity index (χ1n) is 8.59. The summed E-state index contributed by atoms with van der Waals surface area (Å²) in [5.41, 5.74) is 1.26. The minimum Gasteiger partial charge on any atom is -0.383 e. The Kier molecular flexibility index (Phi) is 4.52. The van der Waals surface area contributed by atoms with Crippen molar-refractivity contribution in [3.05, 3.63) is 82.8 Å². The molecule has 2 aromatic carbocycles. The van der Waals surface area contributed by atoms with Gasteiger partial charge in [-0.25, -0.2) is 8.78 Å². The van der Waals surface area contributed by atoms with Crippen LogP contribution in [0.3, 0.4) is 0 Å². The zero-order chi connectivity index (χ0) is 19.8. The number of benzene rings is 2. The molecule has 0 spiro atoms. The number of aliphatic hydroxyl groups is 1. The molecule has 2 aromatic heterocycles. The molecule has 2 heterocycles. The Morgan fingerprint density at radius 3 is 1.54 bits per heavy atom. The van der Waals surface area contributed by atoms with E-state index in [4.69, 9.17) is 9.05 Å². The average Bonchev–Trinajstić information content (AvgIpc) is 3.25. The van der Waals surface area contributed by atoms with Crippen molar-refractivity contribution in [2.45, 2.75) is 20.0 Å². The van der Waals surface area contributed by atoms with Crippen molar-refractivity contribution in [1.29, 1.82) is 0 Å². The maximum Gasteiger partial charge on any atom is 0.140 e. The highest BCUT2D eigenvalue weighted by atomic mass is 19.1. The molecule has 0 aliphatic carbocycles. The topological polar surface area (TPSA) is 72.3 Å². The molecule has 0 bridgehead atoms. The third-order valence-electron chi connectivity index (χ3n) is 4.62. The lowest BCUT2D eigenvalue weighted by Gasteiger charge is -2.13. The molecule has 0 saturated carbocycles. The van der Waals surface area contributed by atoms with Crippen molar-refractivity contribution in [1.82, 2.24) is 10.3 Å². The maximum absolute atomic E-state index is 14.3. The zero-order valence-electron chi connectivity index (χ0n) is 15.1. The van der Waals surface area contributed by atoms with Gasteiger partial charge in [-0.1, -0.05) is 34.6 Å². The first kappa shape index (κ1) is 18.1. The van der Waals surface area contributed by atoms with Gasteiger partial charge >= 0.3 is 0 Å². The maximum atomic E-state index is 14.3. The van der Waals surface area contributed by atoms with Crippen LogP contribution in [0.15, 0.2) is 57.6 Å². The first-order chi connectivity index (χ1) is 13.5. The molecule has 4 rings (SSSR count). The first-order valence-corrected chi connectivity index (χ1v) is 8.59. The highest BCUT2D eigenvalue weighted by Gasteiger charge is 2.31. The molecule has 0 unspecified atom stereocenters. The van der Waals surface area contributed by atoms with Gasteiger partial charge in [-0.2, -0.15) is 0 Å². The van der Waals surface area contributed by atoms with E-state index in [1.165, 1.54) is 12.1 Å². The van der Waals surface area contributed by atoms with Crippen LogP contribution in [0.4, 0.5) is 8.78 Å². The van der Waals surface area contributed by atoms with E-state index < -0.39 is 17.7 Å². The molecular weight excluding hydrogens is 366 g/mol. The molecule has 142 valence electrons. The summed E-state index contributed by atoms with van der Waals surface area (Å²) < 4.78 is 39.1. The summed E-state index contributed by atoms with van der Waals surface area (Å²) in [5, 5.41) is 19.0. The van der Waals surface area contributed by atoms with Gasteiger partial charge in [-0.3, -0.25) is 0 Å². The summed E-state index contributed by atoms with van der Waals surface area (Å²) in [7, 11) is 0. The SMILES string of the molecule is Cc1onc(-c2ccccc2F)c1C(O)c1c(-c2ccccc2F)noc1C. The number of hydrogen-bond acceptors (Lipinski definition) is 5. The molecule has 7 heteroatoms. The fourth-order valence-electron chi connectivity index (χ4n) is 3.24. The van der Waals surface area contributed by atoms with Crippen LogP contribution in [-0.4, -0.2) is 15.4 Å². The molecule has 0 atom stereocenters. The van der Waals surface area contributed by atoms with Gasteiger partial charge in [-0.05, 0) is 38.1 Å². The fourth-order valence-corrected chi connectivity index (χ4v) is 3.24. The summed E-state index contributed by atoms with van der Waals surface area (Å²) in [5.74, 6) is -0.377. The molecule has 0 radical (unpaired) electrons. The van der Waals surface area contributed by atoms with Crippen LogP contribution in [0.1, 0.15) is 28.8 Å². The molecular formula is C21H16F2N2O3. The van der Waals surface area contributed by atoms with Gasteiger partial charge in [0.05, 0.1) is 11.1 Å². The van der Waals surface area contributed by atoms with E-state index in [0.29, 0.717) is 11.5 Å². The smallest absolute Gasteiger partial charge is 0.140 e. The van der Waals surface area contributed by atoms with Crippen LogP contribution >= 0.6 is 0 Å². The molecule has 0 amide bonds. The third-order valence-corrected chi connectivity index (χ3v) is 4.62. The Morgan fingerprint density at radius 2 is 1.14 bits per heavy atom. The average molecular weight is 382 g/mol. The number of hydrogen-bond donors (Lipinski definition) is 1. The molecule has 5 nitrogen and oxygen atoms in total. The minimum absolute atomic E-state index is 0.170. The highest BCUT2D eigenvalue weighted by molar-refractivity contribution is 5.69. The lowest BCUT2D eigenvalue weighted by Crippen LogP contribution is -2.05. The van der Waals surface area contributed by atoms with E-state index in [1.807, 2.05) is 0 Å². The predicted molar refractivity (Wildman–Crippen MR) is 97.3 cm³/mol.